The number of ether oxygens (including phenoxy) is 1. The van der Waals surface area contributed by atoms with Crippen LogP contribution >= 0.6 is 0 Å². The summed E-state index contributed by atoms with van der Waals surface area (Å²) in [7, 11) is 0. The molecule has 0 N–H and O–H groups in total. The van der Waals surface area contributed by atoms with Crippen LogP contribution in [0.15, 0.2) is 6.07 Å². The zero-order valence-electron chi connectivity index (χ0n) is 9.19. The molecule has 0 saturated heterocycles. The fourth-order valence-electron chi connectivity index (χ4n) is 1.48. The molecule has 0 atom stereocenters. The molecule has 2 heterocycles. The summed E-state index contributed by atoms with van der Waals surface area (Å²) in [4.78, 5) is 0. The molecular weight excluding hydrogens is 192 g/mol. The van der Waals surface area contributed by atoms with Crippen molar-refractivity contribution in [2.24, 2.45) is 0 Å². The van der Waals surface area contributed by atoms with E-state index in [1.165, 1.54) is 0 Å². The summed E-state index contributed by atoms with van der Waals surface area (Å²) < 4.78 is 7.13. The summed E-state index contributed by atoms with van der Waals surface area (Å²) in [5.41, 5.74) is 1.83. The Morgan fingerprint density at radius 2 is 2.13 bits per heavy atom. The van der Waals surface area contributed by atoms with Crippen LogP contribution in [-0.2, 0) is 6.42 Å². The van der Waals surface area contributed by atoms with Gasteiger partial charge in [-0.25, -0.2) is 0 Å². The van der Waals surface area contributed by atoms with Crippen molar-refractivity contribution in [2.45, 2.75) is 27.2 Å². The molecule has 2 rings (SSSR count). The van der Waals surface area contributed by atoms with E-state index >= 15 is 0 Å². The van der Waals surface area contributed by atoms with Crippen molar-refractivity contribution in [3.8, 4) is 5.88 Å². The molecule has 15 heavy (non-hydrogen) atoms. The standard InChI is InChI=1S/C10H14N4O/c1-4-8-11-12-10-7(3)6-9(15-5-2)13-14(8)10/h6H,4-5H2,1-3H3. The lowest BCUT2D eigenvalue weighted by Crippen LogP contribution is -2.03. The Balaban J connectivity index is 2.60. The third kappa shape index (κ3) is 1.65. The Hall–Kier alpha value is -1.65. The van der Waals surface area contributed by atoms with Crippen molar-refractivity contribution in [1.82, 2.24) is 19.8 Å². The predicted molar refractivity (Wildman–Crippen MR) is 56.1 cm³/mol. The molecule has 0 spiro atoms. The van der Waals surface area contributed by atoms with E-state index in [-0.39, 0.29) is 0 Å². The summed E-state index contributed by atoms with van der Waals surface area (Å²) in [6.45, 7) is 6.56. The van der Waals surface area contributed by atoms with Crippen molar-refractivity contribution >= 4 is 5.65 Å². The van der Waals surface area contributed by atoms with Gasteiger partial charge in [-0.2, -0.15) is 4.52 Å². The van der Waals surface area contributed by atoms with E-state index < -0.39 is 0 Å². The molecule has 0 bridgehead atoms. The molecular formula is C10H14N4O. The topological polar surface area (TPSA) is 52.3 Å². The van der Waals surface area contributed by atoms with Gasteiger partial charge in [0.15, 0.2) is 11.5 Å². The van der Waals surface area contributed by atoms with Crippen LogP contribution in [0.1, 0.15) is 25.2 Å². The lowest BCUT2D eigenvalue weighted by molar-refractivity contribution is 0.320. The molecule has 0 radical (unpaired) electrons. The summed E-state index contributed by atoms with van der Waals surface area (Å²) in [5, 5.41) is 12.5. The summed E-state index contributed by atoms with van der Waals surface area (Å²) >= 11 is 0. The van der Waals surface area contributed by atoms with Gasteiger partial charge in [-0.15, -0.1) is 15.3 Å². The van der Waals surface area contributed by atoms with Gasteiger partial charge in [-0.1, -0.05) is 6.92 Å². The molecule has 0 aromatic carbocycles. The van der Waals surface area contributed by atoms with Crippen LogP contribution in [0.4, 0.5) is 0 Å². The van der Waals surface area contributed by atoms with Gasteiger partial charge in [-0.05, 0) is 13.8 Å². The predicted octanol–water partition coefficient (Wildman–Crippen LogP) is 1.39. The molecule has 2 aromatic rings. The minimum Gasteiger partial charge on any atom is -0.477 e. The Morgan fingerprint density at radius 1 is 1.33 bits per heavy atom. The van der Waals surface area contributed by atoms with E-state index in [1.807, 2.05) is 26.8 Å². The van der Waals surface area contributed by atoms with Crippen molar-refractivity contribution in [3.05, 3.63) is 17.5 Å². The van der Waals surface area contributed by atoms with Gasteiger partial charge in [0.1, 0.15) is 0 Å². The Labute approximate surface area is 88.1 Å². The van der Waals surface area contributed by atoms with Gasteiger partial charge < -0.3 is 4.74 Å². The molecule has 0 fully saturated rings. The van der Waals surface area contributed by atoms with Gasteiger partial charge in [-0.3, -0.25) is 0 Å². The normalized spacial score (nSPS) is 10.9. The second-order valence-electron chi connectivity index (χ2n) is 3.30. The van der Waals surface area contributed by atoms with Crippen molar-refractivity contribution in [3.63, 3.8) is 0 Å². The molecule has 0 amide bonds. The average Bonchev–Trinajstić information content (AvgIpc) is 2.61. The van der Waals surface area contributed by atoms with Crippen LogP contribution in [0.2, 0.25) is 0 Å². The smallest absolute Gasteiger partial charge is 0.232 e. The van der Waals surface area contributed by atoms with Crippen molar-refractivity contribution in [1.29, 1.82) is 0 Å². The maximum atomic E-state index is 5.38. The highest BCUT2D eigenvalue weighted by atomic mass is 16.5. The van der Waals surface area contributed by atoms with Gasteiger partial charge >= 0.3 is 0 Å². The van der Waals surface area contributed by atoms with E-state index in [0.717, 1.165) is 23.5 Å². The van der Waals surface area contributed by atoms with E-state index in [0.29, 0.717) is 12.5 Å². The van der Waals surface area contributed by atoms with Crippen LogP contribution in [0.25, 0.3) is 5.65 Å². The van der Waals surface area contributed by atoms with Crippen LogP contribution in [0.5, 0.6) is 5.88 Å². The molecule has 0 unspecified atom stereocenters. The Morgan fingerprint density at radius 3 is 2.80 bits per heavy atom. The lowest BCUT2D eigenvalue weighted by atomic mass is 10.3. The fraction of sp³-hybridized carbons (Fsp3) is 0.500. The van der Waals surface area contributed by atoms with Gasteiger partial charge in [0.2, 0.25) is 5.88 Å². The highest BCUT2D eigenvalue weighted by Crippen LogP contribution is 2.14. The monoisotopic (exact) mass is 206 g/mol. The number of nitrogens with zero attached hydrogens (tertiary/aromatic N) is 4. The number of rotatable bonds is 3. The largest absolute Gasteiger partial charge is 0.477 e. The SMILES string of the molecule is CCOc1cc(C)c2nnc(CC)n2n1. The number of hydrogen-bond acceptors (Lipinski definition) is 4. The third-order valence-electron chi connectivity index (χ3n) is 2.20. The quantitative estimate of drug-likeness (QED) is 0.761. The summed E-state index contributed by atoms with van der Waals surface area (Å²) in [6.07, 6.45) is 0.809. The molecule has 80 valence electrons. The summed E-state index contributed by atoms with van der Waals surface area (Å²) in [5.74, 6) is 1.48. The third-order valence-corrected chi connectivity index (χ3v) is 2.20. The molecule has 5 nitrogen and oxygen atoms in total. The maximum Gasteiger partial charge on any atom is 0.232 e. The van der Waals surface area contributed by atoms with Crippen molar-refractivity contribution < 1.29 is 4.74 Å². The van der Waals surface area contributed by atoms with E-state index in [9.17, 15) is 0 Å². The average molecular weight is 206 g/mol. The molecule has 0 aliphatic carbocycles. The second kappa shape index (κ2) is 3.84. The van der Waals surface area contributed by atoms with Crippen LogP contribution in [0, 0.1) is 6.92 Å². The number of fused-ring (bicyclic) bond motifs is 1. The maximum absolute atomic E-state index is 5.38. The minimum absolute atomic E-state index is 0.613. The number of hydrogen-bond donors (Lipinski definition) is 0. The Bertz CT molecular complexity index is 477. The first-order valence-corrected chi connectivity index (χ1v) is 5.11. The molecule has 0 aliphatic rings. The van der Waals surface area contributed by atoms with Crippen LogP contribution in [-0.4, -0.2) is 26.4 Å². The van der Waals surface area contributed by atoms with Gasteiger partial charge in [0.25, 0.3) is 0 Å². The first kappa shape index (κ1) is 9.89. The van der Waals surface area contributed by atoms with E-state index in [4.69, 9.17) is 4.74 Å². The second-order valence-corrected chi connectivity index (χ2v) is 3.30. The summed E-state index contributed by atoms with van der Waals surface area (Å²) in [6, 6.07) is 1.88. The molecule has 0 aliphatic heterocycles. The van der Waals surface area contributed by atoms with E-state index in [1.54, 1.807) is 4.52 Å². The van der Waals surface area contributed by atoms with Crippen molar-refractivity contribution in [2.75, 3.05) is 6.61 Å². The zero-order valence-corrected chi connectivity index (χ0v) is 9.19. The number of aromatic nitrogens is 4. The van der Waals surface area contributed by atoms with Crippen LogP contribution < -0.4 is 4.74 Å². The molecule has 0 saturated carbocycles. The highest BCUT2D eigenvalue weighted by molar-refractivity contribution is 5.46. The zero-order chi connectivity index (χ0) is 10.8. The number of aryl methyl sites for hydroxylation is 2. The molecule has 2 aromatic heterocycles. The fourth-order valence-corrected chi connectivity index (χ4v) is 1.48. The Kier molecular flexibility index (Phi) is 2.53. The highest BCUT2D eigenvalue weighted by Gasteiger charge is 2.09. The lowest BCUT2D eigenvalue weighted by Gasteiger charge is -2.04. The van der Waals surface area contributed by atoms with Crippen LogP contribution in [0.3, 0.4) is 0 Å². The van der Waals surface area contributed by atoms with Gasteiger partial charge in [0, 0.05) is 18.1 Å². The molecule has 5 heteroatoms. The first-order valence-electron chi connectivity index (χ1n) is 5.11. The minimum atomic E-state index is 0.613. The van der Waals surface area contributed by atoms with Gasteiger partial charge in [0.05, 0.1) is 6.61 Å². The first-order chi connectivity index (χ1) is 7.26. The van der Waals surface area contributed by atoms with E-state index in [2.05, 4.69) is 15.3 Å².